The van der Waals surface area contributed by atoms with E-state index in [1.807, 2.05) is 20.8 Å². The highest BCUT2D eigenvalue weighted by molar-refractivity contribution is 5.83. The van der Waals surface area contributed by atoms with Crippen LogP contribution in [0.4, 0.5) is 8.78 Å². The first-order valence-corrected chi connectivity index (χ1v) is 5.14. The molecule has 0 radical (unpaired) electrons. The lowest BCUT2D eigenvalue weighted by Gasteiger charge is -2.20. The molecule has 84 valence electrons. The van der Waals surface area contributed by atoms with Crippen molar-refractivity contribution >= 4 is 10.9 Å². The van der Waals surface area contributed by atoms with E-state index >= 15 is 0 Å². The Kier molecular flexibility index (Phi) is 2.41. The van der Waals surface area contributed by atoms with Gasteiger partial charge >= 0.3 is 0 Å². The number of rotatable bonds is 0. The van der Waals surface area contributed by atoms with Crippen molar-refractivity contribution in [3.05, 3.63) is 41.6 Å². The molecule has 0 unspecified atom stereocenters. The summed E-state index contributed by atoms with van der Waals surface area (Å²) in [5.74, 6) is -1.18. The first-order valence-electron chi connectivity index (χ1n) is 5.14. The Bertz CT molecular complexity index is 541. The van der Waals surface area contributed by atoms with E-state index in [9.17, 15) is 8.78 Å². The quantitative estimate of drug-likeness (QED) is 0.659. The summed E-state index contributed by atoms with van der Waals surface area (Å²) in [6.45, 7) is 6.01. The van der Waals surface area contributed by atoms with Crippen LogP contribution < -0.4 is 0 Å². The Morgan fingerprint density at radius 1 is 1.12 bits per heavy atom. The van der Waals surface area contributed by atoms with Crippen LogP contribution in [0.1, 0.15) is 26.3 Å². The fourth-order valence-electron chi connectivity index (χ4n) is 1.83. The van der Waals surface area contributed by atoms with Gasteiger partial charge in [-0.25, -0.2) is 8.78 Å². The molecule has 0 atom stereocenters. The second kappa shape index (κ2) is 3.51. The summed E-state index contributed by atoms with van der Waals surface area (Å²) in [4.78, 5) is 3.95. The Morgan fingerprint density at radius 2 is 1.81 bits per heavy atom. The van der Waals surface area contributed by atoms with Crippen molar-refractivity contribution in [2.45, 2.75) is 26.2 Å². The first kappa shape index (κ1) is 11.0. The lowest BCUT2D eigenvalue weighted by molar-refractivity contribution is 0.582. The molecule has 0 bridgehead atoms. The minimum absolute atomic E-state index is 0.165. The maximum absolute atomic E-state index is 13.5. The summed E-state index contributed by atoms with van der Waals surface area (Å²) in [7, 11) is 0. The minimum atomic E-state index is -0.610. The molecule has 2 rings (SSSR count). The van der Waals surface area contributed by atoms with Crippen LogP contribution in [0.2, 0.25) is 0 Å². The van der Waals surface area contributed by atoms with Gasteiger partial charge in [0.25, 0.3) is 0 Å². The second-order valence-corrected chi connectivity index (χ2v) is 4.89. The molecule has 1 aromatic carbocycles. The predicted molar refractivity (Wildman–Crippen MR) is 60.4 cm³/mol. The Labute approximate surface area is 93.1 Å². The summed E-state index contributed by atoms with van der Waals surface area (Å²) < 4.78 is 26.7. The van der Waals surface area contributed by atoms with E-state index in [1.54, 1.807) is 12.3 Å². The van der Waals surface area contributed by atoms with Gasteiger partial charge in [0.15, 0.2) is 5.82 Å². The van der Waals surface area contributed by atoms with Crippen molar-refractivity contribution in [3.8, 4) is 0 Å². The SMILES string of the molecule is CC(C)(C)c1ccnc2c(F)cc(F)cc12. The van der Waals surface area contributed by atoms with Gasteiger partial charge in [0.05, 0.1) is 0 Å². The normalized spacial score (nSPS) is 12.1. The van der Waals surface area contributed by atoms with Crippen LogP contribution in [0.25, 0.3) is 10.9 Å². The van der Waals surface area contributed by atoms with E-state index in [4.69, 9.17) is 0 Å². The van der Waals surface area contributed by atoms with Crippen LogP contribution in [-0.2, 0) is 5.41 Å². The Morgan fingerprint density at radius 3 is 2.44 bits per heavy atom. The number of hydrogen-bond acceptors (Lipinski definition) is 1. The molecule has 0 aliphatic carbocycles. The maximum atomic E-state index is 13.5. The van der Waals surface area contributed by atoms with Crippen LogP contribution in [-0.4, -0.2) is 4.98 Å². The van der Waals surface area contributed by atoms with E-state index in [0.29, 0.717) is 5.39 Å². The average Bonchev–Trinajstić information content (AvgIpc) is 2.15. The standard InChI is InChI=1S/C13H13F2N/c1-13(2,3)10-4-5-16-12-9(10)6-8(14)7-11(12)15/h4-7H,1-3H3. The zero-order valence-electron chi connectivity index (χ0n) is 9.51. The summed E-state index contributed by atoms with van der Waals surface area (Å²) in [6.07, 6.45) is 1.56. The maximum Gasteiger partial charge on any atom is 0.152 e. The number of benzene rings is 1. The molecule has 0 aliphatic heterocycles. The second-order valence-electron chi connectivity index (χ2n) is 4.89. The van der Waals surface area contributed by atoms with E-state index in [0.717, 1.165) is 11.6 Å². The molecular formula is C13H13F2N. The summed E-state index contributed by atoms with van der Waals surface area (Å²) in [5.41, 5.74) is 0.964. The van der Waals surface area contributed by atoms with Gasteiger partial charge in [-0.15, -0.1) is 0 Å². The van der Waals surface area contributed by atoms with Crippen LogP contribution in [0, 0.1) is 11.6 Å². The monoisotopic (exact) mass is 221 g/mol. The van der Waals surface area contributed by atoms with Gasteiger partial charge in [0.1, 0.15) is 11.3 Å². The summed E-state index contributed by atoms with van der Waals surface area (Å²) in [6, 6.07) is 4.01. The molecule has 1 aromatic heterocycles. The van der Waals surface area contributed by atoms with Crippen molar-refractivity contribution in [3.63, 3.8) is 0 Å². The molecule has 0 fully saturated rings. The van der Waals surface area contributed by atoms with Gasteiger partial charge in [-0.1, -0.05) is 20.8 Å². The molecule has 3 heteroatoms. The molecule has 0 spiro atoms. The number of halogens is 2. The molecule has 2 aromatic rings. The fraction of sp³-hybridized carbons (Fsp3) is 0.308. The number of fused-ring (bicyclic) bond motifs is 1. The zero-order chi connectivity index (χ0) is 11.9. The average molecular weight is 221 g/mol. The Balaban J connectivity index is 2.87. The third-order valence-electron chi connectivity index (χ3n) is 2.57. The number of nitrogens with zero attached hydrogens (tertiary/aromatic N) is 1. The molecule has 0 saturated heterocycles. The zero-order valence-corrected chi connectivity index (χ0v) is 9.51. The smallest absolute Gasteiger partial charge is 0.152 e. The van der Waals surface area contributed by atoms with E-state index < -0.39 is 11.6 Å². The first-order chi connectivity index (χ1) is 7.39. The minimum Gasteiger partial charge on any atom is -0.253 e. The molecule has 0 amide bonds. The summed E-state index contributed by atoms with van der Waals surface area (Å²) in [5, 5.41) is 0.549. The predicted octanol–water partition coefficient (Wildman–Crippen LogP) is 3.81. The number of hydrogen-bond donors (Lipinski definition) is 0. The van der Waals surface area contributed by atoms with Gasteiger partial charge in [-0.2, -0.15) is 0 Å². The third kappa shape index (κ3) is 1.77. The van der Waals surface area contributed by atoms with Crippen molar-refractivity contribution in [2.24, 2.45) is 0 Å². The lowest BCUT2D eigenvalue weighted by atomic mass is 9.85. The van der Waals surface area contributed by atoms with Crippen molar-refractivity contribution in [1.82, 2.24) is 4.98 Å². The highest BCUT2D eigenvalue weighted by Crippen LogP contribution is 2.30. The molecule has 1 heterocycles. The van der Waals surface area contributed by atoms with Gasteiger partial charge in [-0.05, 0) is 23.1 Å². The van der Waals surface area contributed by atoms with Crippen LogP contribution in [0.3, 0.4) is 0 Å². The van der Waals surface area contributed by atoms with Crippen LogP contribution >= 0.6 is 0 Å². The van der Waals surface area contributed by atoms with Gasteiger partial charge in [0, 0.05) is 17.6 Å². The van der Waals surface area contributed by atoms with E-state index in [-0.39, 0.29) is 10.9 Å². The molecule has 0 aliphatic rings. The van der Waals surface area contributed by atoms with Gasteiger partial charge in [0.2, 0.25) is 0 Å². The Hall–Kier alpha value is -1.51. The molecule has 1 nitrogen and oxygen atoms in total. The highest BCUT2D eigenvalue weighted by atomic mass is 19.1. The summed E-state index contributed by atoms with van der Waals surface area (Å²) >= 11 is 0. The van der Waals surface area contributed by atoms with Crippen molar-refractivity contribution in [1.29, 1.82) is 0 Å². The molecule has 0 saturated carbocycles. The van der Waals surface area contributed by atoms with E-state index in [1.165, 1.54) is 6.07 Å². The largest absolute Gasteiger partial charge is 0.253 e. The molecule has 16 heavy (non-hydrogen) atoms. The number of aromatic nitrogens is 1. The van der Waals surface area contributed by atoms with Crippen LogP contribution in [0.15, 0.2) is 24.4 Å². The third-order valence-corrected chi connectivity index (χ3v) is 2.57. The molecule has 0 N–H and O–H groups in total. The van der Waals surface area contributed by atoms with Crippen molar-refractivity contribution in [2.75, 3.05) is 0 Å². The number of pyridine rings is 1. The van der Waals surface area contributed by atoms with Gasteiger partial charge < -0.3 is 0 Å². The fourth-order valence-corrected chi connectivity index (χ4v) is 1.83. The molecular weight excluding hydrogens is 208 g/mol. The van der Waals surface area contributed by atoms with Crippen molar-refractivity contribution < 1.29 is 8.78 Å². The van der Waals surface area contributed by atoms with E-state index in [2.05, 4.69) is 4.98 Å². The highest BCUT2D eigenvalue weighted by Gasteiger charge is 2.18. The topological polar surface area (TPSA) is 12.9 Å². The van der Waals surface area contributed by atoms with Gasteiger partial charge in [-0.3, -0.25) is 4.98 Å². The van der Waals surface area contributed by atoms with Crippen LogP contribution in [0.5, 0.6) is 0 Å². The lowest BCUT2D eigenvalue weighted by Crippen LogP contribution is -2.12.